The molecule has 6 heteroatoms. The van der Waals surface area contributed by atoms with Crippen molar-refractivity contribution in [2.45, 2.75) is 0 Å². The number of nitrogens with one attached hydrogen (secondary N) is 1. The SMILES string of the molecule is O=C(/C=N/O)Nc1ccc(Cl)c(Cl)c1. The minimum absolute atomic E-state index is 0.338. The molecule has 0 aliphatic heterocycles. The molecule has 0 saturated carbocycles. The van der Waals surface area contributed by atoms with Crippen molar-refractivity contribution in [1.29, 1.82) is 0 Å². The molecule has 0 atom stereocenters. The van der Waals surface area contributed by atoms with Crippen LogP contribution in [-0.2, 0) is 4.79 Å². The molecule has 1 rings (SSSR count). The molecule has 14 heavy (non-hydrogen) atoms. The first-order valence-electron chi connectivity index (χ1n) is 3.57. The Morgan fingerprint density at radius 3 is 2.71 bits per heavy atom. The van der Waals surface area contributed by atoms with Crippen LogP contribution in [0, 0.1) is 0 Å². The van der Waals surface area contributed by atoms with Crippen LogP contribution in [-0.4, -0.2) is 17.3 Å². The average molecular weight is 233 g/mol. The Morgan fingerprint density at radius 2 is 2.14 bits per heavy atom. The van der Waals surface area contributed by atoms with Crippen LogP contribution in [0.15, 0.2) is 23.4 Å². The molecule has 2 N–H and O–H groups in total. The lowest BCUT2D eigenvalue weighted by molar-refractivity contribution is -0.110. The Bertz CT molecular complexity index is 380. The number of benzene rings is 1. The maximum Gasteiger partial charge on any atom is 0.270 e. The van der Waals surface area contributed by atoms with Crippen molar-refractivity contribution in [2.24, 2.45) is 5.16 Å². The fourth-order valence-corrected chi connectivity index (χ4v) is 1.10. The number of amides is 1. The van der Waals surface area contributed by atoms with Gasteiger partial charge in [0.15, 0.2) is 0 Å². The van der Waals surface area contributed by atoms with Crippen molar-refractivity contribution in [3.8, 4) is 0 Å². The first kappa shape index (κ1) is 10.8. The lowest BCUT2D eigenvalue weighted by atomic mass is 10.3. The summed E-state index contributed by atoms with van der Waals surface area (Å²) in [5.74, 6) is -0.550. The summed E-state index contributed by atoms with van der Waals surface area (Å²) in [5, 5.41) is 13.8. The van der Waals surface area contributed by atoms with Crippen LogP contribution in [0.1, 0.15) is 0 Å². The fourth-order valence-electron chi connectivity index (χ4n) is 0.801. The van der Waals surface area contributed by atoms with E-state index in [2.05, 4.69) is 10.5 Å². The summed E-state index contributed by atoms with van der Waals surface area (Å²) >= 11 is 11.4. The molecule has 74 valence electrons. The van der Waals surface area contributed by atoms with Crippen LogP contribution in [0.5, 0.6) is 0 Å². The molecule has 0 fully saturated rings. The highest BCUT2D eigenvalue weighted by atomic mass is 35.5. The molecule has 0 unspecified atom stereocenters. The Balaban J connectivity index is 2.78. The molecule has 4 nitrogen and oxygen atoms in total. The molecule has 1 aromatic carbocycles. The van der Waals surface area contributed by atoms with Crippen LogP contribution in [0.2, 0.25) is 10.0 Å². The predicted octanol–water partition coefficient (Wildman–Crippen LogP) is 2.39. The number of carbonyl (C=O) groups is 1. The molecule has 0 aliphatic rings. The number of anilines is 1. The van der Waals surface area contributed by atoms with E-state index < -0.39 is 5.91 Å². The summed E-state index contributed by atoms with van der Waals surface area (Å²) in [4.78, 5) is 10.9. The molecule has 0 radical (unpaired) electrons. The van der Waals surface area contributed by atoms with E-state index in [1.54, 1.807) is 12.1 Å². The number of nitrogens with zero attached hydrogens (tertiary/aromatic N) is 1. The standard InChI is InChI=1S/C8H6Cl2N2O2/c9-6-2-1-5(3-7(6)10)12-8(13)4-11-14/h1-4,14H,(H,12,13)/b11-4+. The van der Waals surface area contributed by atoms with E-state index in [9.17, 15) is 4.79 Å². The third kappa shape index (κ3) is 2.90. The van der Waals surface area contributed by atoms with Gasteiger partial charge in [-0.2, -0.15) is 0 Å². The van der Waals surface area contributed by atoms with Gasteiger partial charge in [-0.3, -0.25) is 4.79 Å². The number of rotatable bonds is 2. The number of oxime groups is 1. The monoisotopic (exact) mass is 232 g/mol. The van der Waals surface area contributed by atoms with Crippen molar-refractivity contribution >= 4 is 41.0 Å². The highest BCUT2D eigenvalue weighted by molar-refractivity contribution is 6.42. The highest BCUT2D eigenvalue weighted by Crippen LogP contribution is 2.24. The van der Waals surface area contributed by atoms with Gasteiger partial charge in [-0.1, -0.05) is 28.4 Å². The van der Waals surface area contributed by atoms with Crippen LogP contribution in [0.25, 0.3) is 0 Å². The van der Waals surface area contributed by atoms with E-state index in [0.717, 1.165) is 6.21 Å². The van der Waals surface area contributed by atoms with Crippen molar-refractivity contribution in [1.82, 2.24) is 0 Å². The Labute approximate surface area is 90.1 Å². The van der Waals surface area contributed by atoms with Crippen molar-refractivity contribution in [3.63, 3.8) is 0 Å². The molecular weight excluding hydrogens is 227 g/mol. The molecule has 0 heterocycles. The van der Waals surface area contributed by atoms with Crippen LogP contribution < -0.4 is 5.32 Å². The van der Waals surface area contributed by atoms with Gasteiger partial charge in [0.2, 0.25) is 0 Å². The Morgan fingerprint density at radius 1 is 1.43 bits per heavy atom. The van der Waals surface area contributed by atoms with Gasteiger partial charge in [0.25, 0.3) is 5.91 Å². The molecular formula is C8H6Cl2N2O2. The van der Waals surface area contributed by atoms with Crippen molar-refractivity contribution in [3.05, 3.63) is 28.2 Å². The minimum atomic E-state index is -0.550. The second-order valence-corrected chi connectivity index (χ2v) is 3.18. The summed E-state index contributed by atoms with van der Waals surface area (Å²) in [6.45, 7) is 0. The van der Waals surface area contributed by atoms with E-state index in [1.165, 1.54) is 6.07 Å². The zero-order valence-electron chi connectivity index (χ0n) is 6.87. The lowest BCUT2D eigenvalue weighted by Gasteiger charge is -2.02. The van der Waals surface area contributed by atoms with Crippen LogP contribution >= 0.6 is 23.2 Å². The second-order valence-electron chi connectivity index (χ2n) is 2.36. The fraction of sp³-hybridized carbons (Fsp3) is 0. The third-order valence-corrected chi connectivity index (χ3v) is 2.10. The molecule has 0 aliphatic carbocycles. The highest BCUT2D eigenvalue weighted by Gasteiger charge is 2.01. The molecule has 1 aromatic rings. The van der Waals surface area contributed by atoms with Crippen molar-refractivity contribution in [2.75, 3.05) is 5.32 Å². The summed E-state index contributed by atoms with van der Waals surface area (Å²) in [5.41, 5.74) is 0.476. The molecule has 0 aromatic heterocycles. The summed E-state index contributed by atoms with van der Waals surface area (Å²) in [6, 6.07) is 4.62. The molecule has 0 bridgehead atoms. The number of carbonyl (C=O) groups excluding carboxylic acids is 1. The van der Waals surface area contributed by atoms with Crippen LogP contribution in [0.4, 0.5) is 5.69 Å². The van der Waals surface area contributed by atoms with Gasteiger partial charge < -0.3 is 10.5 Å². The summed E-state index contributed by atoms with van der Waals surface area (Å²) in [6.07, 6.45) is 0.739. The quantitative estimate of drug-likeness (QED) is 0.468. The maximum absolute atomic E-state index is 10.9. The first-order chi connectivity index (χ1) is 6.63. The number of hydrogen-bond donors (Lipinski definition) is 2. The zero-order chi connectivity index (χ0) is 10.6. The first-order valence-corrected chi connectivity index (χ1v) is 4.32. The minimum Gasteiger partial charge on any atom is -0.411 e. The number of halogens is 2. The van der Waals surface area contributed by atoms with E-state index in [-0.39, 0.29) is 0 Å². The van der Waals surface area contributed by atoms with Gasteiger partial charge in [0.1, 0.15) is 6.21 Å². The van der Waals surface area contributed by atoms with Gasteiger partial charge in [0.05, 0.1) is 10.0 Å². The molecule has 0 saturated heterocycles. The van der Waals surface area contributed by atoms with E-state index >= 15 is 0 Å². The van der Waals surface area contributed by atoms with Gasteiger partial charge in [-0.25, -0.2) is 0 Å². The topological polar surface area (TPSA) is 61.7 Å². The number of hydrogen-bond acceptors (Lipinski definition) is 3. The normalized spacial score (nSPS) is 10.4. The van der Waals surface area contributed by atoms with E-state index in [1.807, 2.05) is 0 Å². The van der Waals surface area contributed by atoms with Gasteiger partial charge in [-0.15, -0.1) is 0 Å². The third-order valence-electron chi connectivity index (χ3n) is 1.36. The Kier molecular flexibility index (Phi) is 3.73. The molecule has 0 spiro atoms. The smallest absolute Gasteiger partial charge is 0.270 e. The summed E-state index contributed by atoms with van der Waals surface area (Å²) in [7, 11) is 0. The zero-order valence-corrected chi connectivity index (χ0v) is 8.38. The van der Waals surface area contributed by atoms with Crippen LogP contribution in [0.3, 0.4) is 0 Å². The predicted molar refractivity (Wildman–Crippen MR) is 55.4 cm³/mol. The van der Waals surface area contributed by atoms with Gasteiger partial charge in [0, 0.05) is 5.69 Å². The molecule has 1 amide bonds. The largest absolute Gasteiger partial charge is 0.411 e. The van der Waals surface area contributed by atoms with E-state index in [0.29, 0.717) is 15.7 Å². The maximum atomic E-state index is 10.9. The van der Waals surface area contributed by atoms with Crippen molar-refractivity contribution < 1.29 is 10.0 Å². The lowest BCUT2D eigenvalue weighted by Crippen LogP contribution is -2.12. The average Bonchev–Trinajstić information content (AvgIpc) is 2.12. The van der Waals surface area contributed by atoms with Gasteiger partial charge >= 0.3 is 0 Å². The van der Waals surface area contributed by atoms with Gasteiger partial charge in [-0.05, 0) is 18.2 Å². The Hall–Kier alpha value is -1.26. The second kappa shape index (κ2) is 4.83. The van der Waals surface area contributed by atoms with E-state index in [4.69, 9.17) is 28.4 Å². The summed E-state index contributed by atoms with van der Waals surface area (Å²) < 4.78 is 0.